The van der Waals surface area contributed by atoms with Gasteiger partial charge in [-0.3, -0.25) is 9.58 Å². The van der Waals surface area contributed by atoms with Gasteiger partial charge in [-0.15, -0.1) is 0 Å². The molecular weight excluding hydrogens is 252 g/mol. The SMILES string of the molecule is CCN1CCCC1CNS(=O)(=O)c1cnn(C)c1. The van der Waals surface area contributed by atoms with E-state index in [9.17, 15) is 8.42 Å². The summed E-state index contributed by atoms with van der Waals surface area (Å²) in [5, 5.41) is 3.88. The standard InChI is InChI=1S/C11H20N4O2S/c1-3-15-6-4-5-10(15)7-13-18(16,17)11-8-12-14(2)9-11/h8-10,13H,3-7H2,1-2H3. The summed E-state index contributed by atoms with van der Waals surface area (Å²) in [6.45, 7) is 4.62. The van der Waals surface area contributed by atoms with Gasteiger partial charge >= 0.3 is 0 Å². The molecule has 1 aromatic heterocycles. The molecule has 0 aromatic carbocycles. The number of aromatic nitrogens is 2. The van der Waals surface area contributed by atoms with E-state index in [4.69, 9.17) is 0 Å². The van der Waals surface area contributed by atoms with Gasteiger partial charge in [-0.2, -0.15) is 5.10 Å². The van der Waals surface area contributed by atoms with E-state index in [0.29, 0.717) is 12.6 Å². The lowest BCUT2D eigenvalue weighted by Crippen LogP contribution is -2.39. The molecule has 7 heteroatoms. The molecule has 6 nitrogen and oxygen atoms in total. The Balaban J connectivity index is 1.97. The summed E-state index contributed by atoms with van der Waals surface area (Å²) in [5.74, 6) is 0. The van der Waals surface area contributed by atoms with E-state index < -0.39 is 10.0 Å². The van der Waals surface area contributed by atoms with Crippen LogP contribution in [0.25, 0.3) is 0 Å². The van der Waals surface area contributed by atoms with Crippen LogP contribution in [0.3, 0.4) is 0 Å². The van der Waals surface area contributed by atoms with Crippen molar-refractivity contribution in [3.05, 3.63) is 12.4 Å². The van der Waals surface area contributed by atoms with Gasteiger partial charge in [-0.25, -0.2) is 13.1 Å². The van der Waals surface area contributed by atoms with Crippen molar-refractivity contribution < 1.29 is 8.42 Å². The summed E-state index contributed by atoms with van der Waals surface area (Å²) in [6, 6.07) is 0.321. The fourth-order valence-corrected chi connectivity index (χ4v) is 3.43. The highest BCUT2D eigenvalue weighted by Crippen LogP contribution is 2.16. The highest BCUT2D eigenvalue weighted by atomic mass is 32.2. The monoisotopic (exact) mass is 272 g/mol. The van der Waals surface area contributed by atoms with Gasteiger partial charge in [-0.1, -0.05) is 6.92 Å². The third-order valence-corrected chi connectivity index (χ3v) is 4.78. The van der Waals surface area contributed by atoms with E-state index >= 15 is 0 Å². The molecule has 18 heavy (non-hydrogen) atoms. The molecule has 1 saturated heterocycles. The van der Waals surface area contributed by atoms with Crippen molar-refractivity contribution in [2.24, 2.45) is 7.05 Å². The predicted molar refractivity (Wildman–Crippen MR) is 68.7 cm³/mol. The summed E-state index contributed by atoms with van der Waals surface area (Å²) in [4.78, 5) is 2.54. The number of hydrogen-bond acceptors (Lipinski definition) is 4. The van der Waals surface area contributed by atoms with Crippen LogP contribution in [-0.4, -0.2) is 48.8 Å². The lowest BCUT2D eigenvalue weighted by atomic mass is 10.2. The average molecular weight is 272 g/mol. The van der Waals surface area contributed by atoms with Gasteiger partial charge in [0, 0.05) is 25.8 Å². The Bertz CT molecular complexity index is 497. The Kier molecular flexibility index (Phi) is 4.04. The topological polar surface area (TPSA) is 67.2 Å². The minimum Gasteiger partial charge on any atom is -0.299 e. The second kappa shape index (κ2) is 5.38. The minimum absolute atomic E-state index is 0.228. The molecule has 0 bridgehead atoms. The average Bonchev–Trinajstić information content (AvgIpc) is 2.94. The van der Waals surface area contributed by atoms with Gasteiger partial charge in [0.15, 0.2) is 0 Å². The maximum absolute atomic E-state index is 12.0. The van der Waals surface area contributed by atoms with Crippen molar-refractivity contribution in [3.63, 3.8) is 0 Å². The fraction of sp³-hybridized carbons (Fsp3) is 0.727. The summed E-state index contributed by atoms with van der Waals surface area (Å²) in [6.07, 6.45) is 5.08. The zero-order valence-corrected chi connectivity index (χ0v) is 11.7. The minimum atomic E-state index is -3.42. The summed E-state index contributed by atoms with van der Waals surface area (Å²) < 4.78 is 28.2. The first-order valence-electron chi connectivity index (χ1n) is 6.25. The Morgan fingerprint density at radius 3 is 2.94 bits per heavy atom. The van der Waals surface area contributed by atoms with E-state index in [1.54, 1.807) is 7.05 Å². The quantitative estimate of drug-likeness (QED) is 0.830. The van der Waals surface area contributed by atoms with Crippen LogP contribution in [0.5, 0.6) is 0 Å². The maximum atomic E-state index is 12.0. The van der Waals surface area contributed by atoms with Crippen molar-refractivity contribution in [3.8, 4) is 0 Å². The Labute approximate surface area is 108 Å². The Hall–Kier alpha value is -0.920. The van der Waals surface area contributed by atoms with E-state index in [2.05, 4.69) is 21.6 Å². The zero-order valence-electron chi connectivity index (χ0n) is 10.8. The molecule has 0 spiro atoms. The molecule has 1 aromatic rings. The number of sulfonamides is 1. The molecule has 1 N–H and O–H groups in total. The van der Waals surface area contributed by atoms with E-state index in [0.717, 1.165) is 25.9 Å². The van der Waals surface area contributed by atoms with Crippen molar-refractivity contribution in [1.82, 2.24) is 19.4 Å². The third-order valence-electron chi connectivity index (χ3n) is 3.41. The van der Waals surface area contributed by atoms with Crippen LogP contribution < -0.4 is 4.72 Å². The number of likely N-dealkylation sites (tertiary alicyclic amines) is 1. The van der Waals surface area contributed by atoms with Gasteiger partial charge in [0.2, 0.25) is 10.0 Å². The lowest BCUT2D eigenvalue weighted by molar-refractivity contribution is 0.268. The van der Waals surface area contributed by atoms with Crippen molar-refractivity contribution in [1.29, 1.82) is 0 Å². The largest absolute Gasteiger partial charge is 0.299 e. The molecule has 2 rings (SSSR count). The van der Waals surface area contributed by atoms with Crippen molar-refractivity contribution in [2.75, 3.05) is 19.6 Å². The van der Waals surface area contributed by atoms with Crippen LogP contribution >= 0.6 is 0 Å². The summed E-state index contributed by atoms with van der Waals surface area (Å²) in [7, 11) is -1.72. The first-order chi connectivity index (χ1) is 8.53. The fourth-order valence-electron chi connectivity index (χ4n) is 2.37. The van der Waals surface area contributed by atoms with E-state index in [-0.39, 0.29) is 4.90 Å². The van der Waals surface area contributed by atoms with Crippen LogP contribution in [0, 0.1) is 0 Å². The first-order valence-corrected chi connectivity index (χ1v) is 7.73. The number of aryl methyl sites for hydroxylation is 1. The number of rotatable bonds is 5. The lowest BCUT2D eigenvalue weighted by Gasteiger charge is -2.22. The number of nitrogens with zero attached hydrogens (tertiary/aromatic N) is 3. The second-order valence-corrected chi connectivity index (χ2v) is 6.39. The number of hydrogen-bond donors (Lipinski definition) is 1. The highest BCUT2D eigenvalue weighted by Gasteiger charge is 2.25. The Morgan fingerprint density at radius 1 is 1.56 bits per heavy atom. The molecule has 2 heterocycles. The molecule has 0 radical (unpaired) electrons. The van der Waals surface area contributed by atoms with Crippen LogP contribution in [0.4, 0.5) is 0 Å². The number of nitrogens with one attached hydrogen (secondary N) is 1. The van der Waals surface area contributed by atoms with Gasteiger partial charge in [0.1, 0.15) is 4.90 Å². The maximum Gasteiger partial charge on any atom is 0.243 e. The molecule has 1 fully saturated rings. The van der Waals surface area contributed by atoms with Crippen LogP contribution in [0.2, 0.25) is 0 Å². The van der Waals surface area contributed by atoms with E-state index in [1.165, 1.54) is 17.1 Å². The van der Waals surface area contributed by atoms with Crippen LogP contribution in [0.1, 0.15) is 19.8 Å². The summed E-state index contributed by atoms with van der Waals surface area (Å²) in [5.41, 5.74) is 0. The van der Waals surface area contributed by atoms with E-state index in [1.807, 2.05) is 0 Å². The van der Waals surface area contributed by atoms with Crippen LogP contribution in [-0.2, 0) is 17.1 Å². The first kappa shape index (κ1) is 13.5. The normalized spacial score (nSPS) is 21.6. The second-order valence-electron chi connectivity index (χ2n) is 4.63. The zero-order chi connectivity index (χ0) is 13.2. The molecule has 1 aliphatic rings. The van der Waals surface area contributed by atoms with Gasteiger partial charge in [-0.05, 0) is 25.9 Å². The Morgan fingerprint density at radius 2 is 2.33 bits per heavy atom. The molecule has 102 valence electrons. The smallest absolute Gasteiger partial charge is 0.243 e. The molecule has 0 aliphatic carbocycles. The molecule has 1 unspecified atom stereocenters. The molecular formula is C11H20N4O2S. The van der Waals surface area contributed by atoms with Crippen LogP contribution in [0.15, 0.2) is 17.3 Å². The van der Waals surface area contributed by atoms with Crippen molar-refractivity contribution in [2.45, 2.75) is 30.7 Å². The molecule has 1 aliphatic heterocycles. The molecule has 0 saturated carbocycles. The van der Waals surface area contributed by atoms with Gasteiger partial charge < -0.3 is 0 Å². The van der Waals surface area contributed by atoms with Crippen molar-refractivity contribution >= 4 is 10.0 Å². The summed E-state index contributed by atoms with van der Waals surface area (Å²) >= 11 is 0. The number of likely N-dealkylation sites (N-methyl/N-ethyl adjacent to an activating group) is 1. The molecule has 1 atom stereocenters. The predicted octanol–water partition coefficient (Wildman–Crippen LogP) is 0.183. The third kappa shape index (κ3) is 2.90. The van der Waals surface area contributed by atoms with Gasteiger partial charge in [0.05, 0.1) is 6.20 Å². The molecule has 0 amide bonds. The van der Waals surface area contributed by atoms with Gasteiger partial charge in [0.25, 0.3) is 0 Å². The highest BCUT2D eigenvalue weighted by molar-refractivity contribution is 7.89.